The summed E-state index contributed by atoms with van der Waals surface area (Å²) in [5, 5.41) is 15.5. The molecule has 3 aliphatic rings. The number of amides is 4. The van der Waals surface area contributed by atoms with Gasteiger partial charge >= 0.3 is 18.2 Å². The van der Waals surface area contributed by atoms with E-state index >= 15 is 0 Å². The Balaban J connectivity index is 1.59. The van der Waals surface area contributed by atoms with Gasteiger partial charge in [-0.2, -0.15) is 0 Å². The van der Waals surface area contributed by atoms with Crippen LogP contribution in [0.5, 0.6) is 0 Å². The zero-order chi connectivity index (χ0) is 30.8. The monoisotopic (exact) mass is 586 g/mol. The number of aliphatic carboxylic acids is 1. The van der Waals surface area contributed by atoms with E-state index in [1.807, 2.05) is 19.9 Å². The summed E-state index contributed by atoms with van der Waals surface area (Å²) in [6, 6.07) is 3.08. The Hall–Kier alpha value is -3.83. The van der Waals surface area contributed by atoms with Crippen molar-refractivity contribution >= 4 is 30.0 Å². The van der Waals surface area contributed by atoms with Crippen LogP contribution in [0.2, 0.25) is 0 Å². The largest absolute Gasteiger partial charge is 0.480 e. The third-order valence-corrected chi connectivity index (χ3v) is 8.12. The molecule has 42 heavy (non-hydrogen) atoms. The van der Waals surface area contributed by atoms with Gasteiger partial charge in [0.25, 0.3) is 5.91 Å². The van der Waals surface area contributed by atoms with E-state index in [9.17, 15) is 29.1 Å². The maximum Gasteiger partial charge on any atom is 0.410 e. The number of carbonyl (C=O) groups excluding carboxylic acids is 4. The van der Waals surface area contributed by atoms with Crippen LogP contribution in [0, 0.1) is 10.8 Å². The number of benzene rings is 1. The Morgan fingerprint density at radius 1 is 1.10 bits per heavy atom. The molecule has 1 aromatic carbocycles. The maximum atomic E-state index is 13.7. The average Bonchev–Trinajstić information content (AvgIpc) is 3.53. The smallest absolute Gasteiger partial charge is 0.410 e. The molecule has 3 N–H and O–H groups in total. The van der Waals surface area contributed by atoms with Crippen LogP contribution < -0.4 is 10.6 Å². The number of carbonyl (C=O) groups is 5. The molecule has 12 heteroatoms. The first-order chi connectivity index (χ1) is 19.7. The van der Waals surface area contributed by atoms with E-state index in [0.717, 1.165) is 35.3 Å². The predicted molar refractivity (Wildman–Crippen MR) is 151 cm³/mol. The van der Waals surface area contributed by atoms with Crippen molar-refractivity contribution in [2.45, 2.75) is 91.6 Å². The Morgan fingerprint density at radius 3 is 2.52 bits per heavy atom. The van der Waals surface area contributed by atoms with Gasteiger partial charge < -0.3 is 30.1 Å². The molecule has 0 aliphatic carbocycles. The van der Waals surface area contributed by atoms with Crippen LogP contribution in [0.3, 0.4) is 0 Å². The van der Waals surface area contributed by atoms with E-state index in [0.29, 0.717) is 12.1 Å². The van der Waals surface area contributed by atoms with Crippen LogP contribution in [0.1, 0.15) is 81.8 Å². The maximum absolute atomic E-state index is 13.7. The van der Waals surface area contributed by atoms with Crippen molar-refractivity contribution in [3.05, 3.63) is 34.9 Å². The highest BCUT2D eigenvalue weighted by atomic mass is 16.6. The lowest BCUT2D eigenvalue weighted by molar-refractivity contribution is -0.150. The first kappa shape index (κ1) is 31.1. The molecule has 230 valence electrons. The minimum Gasteiger partial charge on any atom is -0.480 e. The van der Waals surface area contributed by atoms with Gasteiger partial charge in [0.2, 0.25) is 5.91 Å². The molecular formula is C30H42N4O8. The lowest BCUT2D eigenvalue weighted by atomic mass is 9.85. The quantitative estimate of drug-likeness (QED) is 0.453. The van der Waals surface area contributed by atoms with E-state index < -0.39 is 47.7 Å². The minimum atomic E-state index is -1.23. The van der Waals surface area contributed by atoms with Gasteiger partial charge in [-0.1, -0.05) is 53.2 Å². The Labute approximate surface area is 246 Å². The van der Waals surface area contributed by atoms with Crippen LogP contribution in [0.25, 0.3) is 0 Å². The summed E-state index contributed by atoms with van der Waals surface area (Å²) in [5.74, 6) is -2.03. The molecule has 1 unspecified atom stereocenters. The number of alkyl carbamates (subject to hydrolysis) is 1. The fraction of sp³-hybridized carbons (Fsp3) is 0.633. The number of ether oxygens (including phenoxy) is 2. The van der Waals surface area contributed by atoms with E-state index in [2.05, 4.69) is 10.6 Å². The highest BCUT2D eigenvalue weighted by molar-refractivity contribution is 5.96. The molecule has 0 spiro atoms. The van der Waals surface area contributed by atoms with Gasteiger partial charge in [0.1, 0.15) is 18.2 Å². The Bertz CT molecular complexity index is 1240. The second-order valence-electron chi connectivity index (χ2n) is 13.3. The molecule has 4 rings (SSSR count). The first-order valence-corrected chi connectivity index (χ1v) is 14.5. The highest BCUT2D eigenvalue weighted by Gasteiger charge is 2.47. The number of rotatable bonds is 1. The van der Waals surface area contributed by atoms with Crippen molar-refractivity contribution in [3.8, 4) is 0 Å². The molecule has 0 radical (unpaired) electrons. The van der Waals surface area contributed by atoms with Crippen LogP contribution in [-0.2, 0) is 32.2 Å². The summed E-state index contributed by atoms with van der Waals surface area (Å²) in [6.45, 7) is 10.2. The summed E-state index contributed by atoms with van der Waals surface area (Å²) in [6.07, 6.45) is -0.105. The number of hydrogen-bond acceptors (Lipinski definition) is 7. The molecule has 1 aromatic rings. The number of hydrogen-bond donors (Lipinski definition) is 3. The molecule has 4 bridgehead atoms. The molecule has 1 fully saturated rings. The van der Waals surface area contributed by atoms with Crippen LogP contribution in [0.15, 0.2) is 18.2 Å². The summed E-state index contributed by atoms with van der Waals surface area (Å²) in [7, 11) is 0. The van der Waals surface area contributed by atoms with Crippen LogP contribution in [0.4, 0.5) is 9.59 Å². The zero-order valence-corrected chi connectivity index (χ0v) is 25.0. The van der Waals surface area contributed by atoms with Gasteiger partial charge in [0.05, 0.1) is 19.7 Å². The standard InChI is InChI=1S/C30H42N4O8/c1-29(2,3)23-25(36)34-15-19(13-22(34)26(37)38)42-28(40)33-14-18-9-8-10-20(21(18)16-33)24(35)31-12-7-6-11-30(4,5)17-41-27(39)32-23/h8-10,19,22-23H,6-7,11-17H2,1-5H3,(H,31,35)(H,32,39)(H,37,38)/t19-,22?,23-/m1/s1. The third-order valence-electron chi connectivity index (χ3n) is 8.12. The van der Waals surface area contributed by atoms with E-state index in [-0.39, 0.29) is 44.0 Å². The van der Waals surface area contributed by atoms with Gasteiger partial charge in [-0.3, -0.25) is 14.5 Å². The summed E-state index contributed by atoms with van der Waals surface area (Å²) < 4.78 is 11.2. The zero-order valence-electron chi connectivity index (χ0n) is 25.0. The Morgan fingerprint density at radius 2 is 1.83 bits per heavy atom. The van der Waals surface area contributed by atoms with Crippen molar-refractivity contribution < 1.29 is 38.6 Å². The van der Waals surface area contributed by atoms with Gasteiger partial charge in [0, 0.05) is 25.1 Å². The molecule has 4 amide bonds. The number of cyclic esters (lactones) is 1. The molecule has 3 atom stereocenters. The highest BCUT2D eigenvalue weighted by Crippen LogP contribution is 2.31. The van der Waals surface area contributed by atoms with E-state index in [1.54, 1.807) is 32.9 Å². The number of fused-ring (bicyclic) bond motifs is 3. The molecule has 12 nitrogen and oxygen atoms in total. The molecule has 3 heterocycles. The number of nitrogens with one attached hydrogen (secondary N) is 2. The molecule has 3 aliphatic heterocycles. The predicted octanol–water partition coefficient (Wildman–Crippen LogP) is 3.27. The molecule has 0 saturated carbocycles. The van der Waals surface area contributed by atoms with Crippen molar-refractivity contribution in [2.24, 2.45) is 10.8 Å². The van der Waals surface area contributed by atoms with Crippen molar-refractivity contribution in [2.75, 3.05) is 19.7 Å². The van der Waals surface area contributed by atoms with Crippen molar-refractivity contribution in [1.29, 1.82) is 0 Å². The molecule has 1 saturated heterocycles. The fourth-order valence-corrected chi connectivity index (χ4v) is 5.67. The molecular weight excluding hydrogens is 544 g/mol. The van der Waals surface area contributed by atoms with E-state index in [1.165, 1.54) is 4.90 Å². The van der Waals surface area contributed by atoms with Gasteiger partial charge in [-0.05, 0) is 40.9 Å². The number of carboxylic acid groups (broad SMARTS) is 1. The first-order valence-electron chi connectivity index (χ1n) is 14.5. The SMILES string of the molecule is CC1(C)CCCCNC(=O)c2cccc3c2CN(C3)C(=O)O[C@@H]2CC(C(=O)O)N(C2)C(=O)[C@H](C(C)(C)C)NC(=O)OC1. The second kappa shape index (κ2) is 12.2. The van der Waals surface area contributed by atoms with E-state index in [4.69, 9.17) is 9.47 Å². The fourth-order valence-electron chi connectivity index (χ4n) is 5.67. The summed E-state index contributed by atoms with van der Waals surface area (Å²) >= 11 is 0. The lowest BCUT2D eigenvalue weighted by Gasteiger charge is -2.34. The summed E-state index contributed by atoms with van der Waals surface area (Å²) in [5.41, 5.74) is 0.990. The Kier molecular flexibility index (Phi) is 9.03. The van der Waals surface area contributed by atoms with Crippen LogP contribution >= 0.6 is 0 Å². The van der Waals surface area contributed by atoms with Crippen molar-refractivity contribution in [1.82, 2.24) is 20.4 Å². The number of nitrogens with zero attached hydrogens (tertiary/aromatic N) is 2. The summed E-state index contributed by atoms with van der Waals surface area (Å²) in [4.78, 5) is 67.5. The van der Waals surface area contributed by atoms with Gasteiger partial charge in [-0.25, -0.2) is 14.4 Å². The average molecular weight is 587 g/mol. The lowest BCUT2D eigenvalue weighted by Crippen LogP contribution is -2.57. The van der Waals surface area contributed by atoms with Crippen LogP contribution in [-0.4, -0.2) is 82.8 Å². The number of carboxylic acids is 1. The topological polar surface area (TPSA) is 155 Å². The van der Waals surface area contributed by atoms with Crippen molar-refractivity contribution in [3.63, 3.8) is 0 Å². The second-order valence-corrected chi connectivity index (χ2v) is 13.3. The van der Waals surface area contributed by atoms with Gasteiger partial charge in [0.15, 0.2) is 0 Å². The third kappa shape index (κ3) is 7.14. The molecule has 0 aromatic heterocycles. The van der Waals surface area contributed by atoms with Gasteiger partial charge in [-0.15, -0.1) is 0 Å². The minimum absolute atomic E-state index is 0.0866. The normalized spacial score (nSPS) is 25.9.